The summed E-state index contributed by atoms with van der Waals surface area (Å²) in [5.74, 6) is -2.39. The molecule has 3 aliphatic heterocycles. The van der Waals surface area contributed by atoms with E-state index in [9.17, 15) is 19.2 Å². The molecule has 0 aromatic carbocycles. The van der Waals surface area contributed by atoms with Crippen molar-refractivity contribution in [3.63, 3.8) is 0 Å². The van der Waals surface area contributed by atoms with Crippen molar-refractivity contribution in [2.75, 3.05) is 6.61 Å². The Balaban J connectivity index is 1.95. The van der Waals surface area contributed by atoms with Crippen molar-refractivity contribution in [3.8, 4) is 0 Å². The summed E-state index contributed by atoms with van der Waals surface area (Å²) in [7, 11) is 0. The van der Waals surface area contributed by atoms with E-state index in [4.69, 9.17) is 18.9 Å². The Labute approximate surface area is 174 Å². The summed E-state index contributed by atoms with van der Waals surface area (Å²) in [5, 5.41) is 0. The highest BCUT2D eigenvalue weighted by Gasteiger charge is 2.51. The van der Waals surface area contributed by atoms with Crippen molar-refractivity contribution in [2.24, 2.45) is 5.92 Å². The first kappa shape index (κ1) is 21.5. The Morgan fingerprint density at radius 3 is 2.70 bits per heavy atom. The van der Waals surface area contributed by atoms with E-state index < -0.39 is 41.6 Å². The molecular formula is C22H24O8. The number of hydrogen-bond donors (Lipinski definition) is 0. The fourth-order valence-electron chi connectivity index (χ4n) is 3.72. The van der Waals surface area contributed by atoms with Gasteiger partial charge in [-0.2, -0.15) is 0 Å². The molecule has 3 heterocycles. The highest BCUT2D eigenvalue weighted by molar-refractivity contribution is 6.00. The van der Waals surface area contributed by atoms with Crippen LogP contribution >= 0.6 is 0 Å². The molecule has 0 aromatic heterocycles. The van der Waals surface area contributed by atoms with Gasteiger partial charge in [0.15, 0.2) is 5.60 Å². The Morgan fingerprint density at radius 1 is 1.37 bits per heavy atom. The molecule has 8 nitrogen and oxygen atoms in total. The predicted molar refractivity (Wildman–Crippen MR) is 104 cm³/mol. The maximum atomic E-state index is 12.8. The average molecular weight is 416 g/mol. The summed E-state index contributed by atoms with van der Waals surface area (Å²) >= 11 is 0. The van der Waals surface area contributed by atoms with Crippen LogP contribution < -0.4 is 0 Å². The number of rotatable bonds is 4. The molecule has 1 saturated heterocycles. The quantitative estimate of drug-likeness (QED) is 0.390. The second-order valence-corrected chi connectivity index (χ2v) is 7.72. The first-order valence-electron chi connectivity index (χ1n) is 9.59. The molecule has 3 aliphatic rings. The van der Waals surface area contributed by atoms with Gasteiger partial charge in [0.25, 0.3) is 0 Å². The molecule has 1 fully saturated rings. The number of esters is 3. The van der Waals surface area contributed by atoms with Gasteiger partial charge in [0.2, 0.25) is 5.78 Å². The fraction of sp³-hybridized carbons (Fsp3) is 0.455. The zero-order valence-corrected chi connectivity index (χ0v) is 17.4. The lowest BCUT2D eigenvalue weighted by Gasteiger charge is -2.31. The molecule has 2 bridgehead atoms. The van der Waals surface area contributed by atoms with Gasteiger partial charge in [-0.25, -0.2) is 9.59 Å². The van der Waals surface area contributed by atoms with E-state index in [1.54, 1.807) is 26.8 Å². The van der Waals surface area contributed by atoms with Crippen molar-refractivity contribution in [1.82, 2.24) is 0 Å². The van der Waals surface area contributed by atoms with Crippen LogP contribution in [0.1, 0.15) is 34.1 Å². The molecule has 0 spiro atoms. The van der Waals surface area contributed by atoms with E-state index in [1.165, 1.54) is 19.1 Å². The van der Waals surface area contributed by atoms with Crippen LogP contribution in [0.5, 0.6) is 0 Å². The molecule has 3 rings (SSSR count). The average Bonchev–Trinajstić information content (AvgIpc) is 3.11. The summed E-state index contributed by atoms with van der Waals surface area (Å²) in [4.78, 5) is 48.7. The van der Waals surface area contributed by atoms with E-state index in [0.717, 1.165) is 0 Å². The normalized spacial score (nSPS) is 32.5. The standard InChI is InChI=1S/C22H24O8/c1-6-14(10-27-13(4)23)21(26)29-17-9-22(5)18(24)8-15(30-22)11(2)7-16-19(17)12(3)20(25)28-16/h6-8,16-17,19H,3,9-10H2,1-2,4-5H3/b11-7+,14-6+/t16-,17-,19?,22?/m0/s1. The SMILES string of the molecule is C=C1C(=O)O[C@H]2/C=C(\C)C3=CC(=O)C(C)(C[C@H](OC(=O)/C(=C/C)COC(C)=O)C12)O3. The van der Waals surface area contributed by atoms with E-state index in [0.29, 0.717) is 11.3 Å². The van der Waals surface area contributed by atoms with Gasteiger partial charge in [-0.1, -0.05) is 12.7 Å². The molecular weight excluding hydrogens is 392 g/mol. The van der Waals surface area contributed by atoms with Gasteiger partial charge in [-0.3, -0.25) is 9.59 Å². The van der Waals surface area contributed by atoms with Crippen LogP contribution in [0, 0.1) is 5.92 Å². The number of fused-ring (bicyclic) bond motifs is 3. The smallest absolute Gasteiger partial charge is 0.337 e. The molecule has 0 aliphatic carbocycles. The fourth-order valence-corrected chi connectivity index (χ4v) is 3.72. The highest BCUT2D eigenvalue weighted by atomic mass is 16.6. The van der Waals surface area contributed by atoms with Crippen LogP contribution in [0.15, 0.2) is 47.3 Å². The van der Waals surface area contributed by atoms with E-state index in [-0.39, 0.29) is 30.0 Å². The lowest BCUT2D eigenvalue weighted by Crippen LogP contribution is -2.43. The van der Waals surface area contributed by atoms with Crippen molar-refractivity contribution in [3.05, 3.63) is 47.3 Å². The minimum Gasteiger partial charge on any atom is -0.479 e. The zero-order valence-electron chi connectivity index (χ0n) is 17.4. The topological polar surface area (TPSA) is 105 Å². The van der Waals surface area contributed by atoms with Crippen LogP contribution in [0.4, 0.5) is 0 Å². The molecule has 2 unspecified atom stereocenters. The van der Waals surface area contributed by atoms with Crippen molar-refractivity contribution < 1.29 is 38.1 Å². The van der Waals surface area contributed by atoms with Crippen molar-refractivity contribution >= 4 is 23.7 Å². The summed E-state index contributed by atoms with van der Waals surface area (Å²) < 4.78 is 21.9. The van der Waals surface area contributed by atoms with Gasteiger partial charge in [-0.05, 0) is 32.4 Å². The monoisotopic (exact) mass is 416 g/mol. The molecule has 0 aromatic rings. The van der Waals surface area contributed by atoms with Gasteiger partial charge in [0.1, 0.15) is 24.6 Å². The third-order valence-electron chi connectivity index (χ3n) is 5.47. The maximum absolute atomic E-state index is 12.8. The van der Waals surface area contributed by atoms with Gasteiger partial charge in [-0.15, -0.1) is 0 Å². The molecule has 0 N–H and O–H groups in total. The van der Waals surface area contributed by atoms with Crippen molar-refractivity contribution in [1.29, 1.82) is 0 Å². The van der Waals surface area contributed by atoms with E-state index >= 15 is 0 Å². The summed E-state index contributed by atoms with van der Waals surface area (Å²) in [6, 6.07) is 0. The first-order chi connectivity index (χ1) is 14.1. The molecule has 4 atom stereocenters. The Hall–Kier alpha value is -3.16. The van der Waals surface area contributed by atoms with Gasteiger partial charge in [0, 0.05) is 25.0 Å². The molecule has 8 heteroatoms. The maximum Gasteiger partial charge on any atom is 0.337 e. The second-order valence-electron chi connectivity index (χ2n) is 7.72. The van der Waals surface area contributed by atoms with Crippen LogP contribution in [-0.2, 0) is 38.1 Å². The molecule has 0 amide bonds. The van der Waals surface area contributed by atoms with Gasteiger partial charge < -0.3 is 18.9 Å². The second kappa shape index (κ2) is 7.93. The van der Waals surface area contributed by atoms with Crippen LogP contribution in [0.25, 0.3) is 0 Å². The number of hydrogen-bond acceptors (Lipinski definition) is 8. The van der Waals surface area contributed by atoms with E-state index in [2.05, 4.69) is 6.58 Å². The minimum absolute atomic E-state index is 0.0000791. The van der Waals surface area contributed by atoms with Crippen LogP contribution in [0.2, 0.25) is 0 Å². The molecule has 30 heavy (non-hydrogen) atoms. The van der Waals surface area contributed by atoms with Crippen LogP contribution in [-0.4, -0.2) is 48.1 Å². The van der Waals surface area contributed by atoms with E-state index in [1.807, 2.05) is 0 Å². The Bertz CT molecular complexity index is 921. The first-order valence-corrected chi connectivity index (χ1v) is 9.59. The predicted octanol–water partition coefficient (Wildman–Crippen LogP) is 2.10. The number of carbonyl (C=O) groups excluding carboxylic acids is 4. The van der Waals surface area contributed by atoms with Gasteiger partial charge >= 0.3 is 17.9 Å². The van der Waals surface area contributed by atoms with Crippen LogP contribution in [0.3, 0.4) is 0 Å². The molecule has 0 radical (unpaired) electrons. The minimum atomic E-state index is -1.26. The lowest BCUT2D eigenvalue weighted by atomic mass is 9.82. The number of allylic oxidation sites excluding steroid dienone is 2. The number of ketones is 1. The number of carbonyl (C=O) groups is 4. The largest absolute Gasteiger partial charge is 0.479 e. The zero-order chi connectivity index (χ0) is 22.2. The Kier molecular flexibility index (Phi) is 5.70. The number of ether oxygens (including phenoxy) is 4. The highest BCUT2D eigenvalue weighted by Crippen LogP contribution is 2.42. The molecule has 160 valence electrons. The summed E-state index contributed by atoms with van der Waals surface area (Å²) in [5.41, 5.74) is -0.332. The molecule has 0 saturated carbocycles. The lowest BCUT2D eigenvalue weighted by molar-refractivity contribution is -0.154. The summed E-state index contributed by atoms with van der Waals surface area (Å²) in [6.07, 6.45) is 2.90. The van der Waals surface area contributed by atoms with Crippen molar-refractivity contribution in [2.45, 2.75) is 51.9 Å². The summed E-state index contributed by atoms with van der Waals surface area (Å²) in [6.45, 7) is 9.77. The van der Waals surface area contributed by atoms with Gasteiger partial charge in [0.05, 0.1) is 11.5 Å². The Morgan fingerprint density at radius 2 is 2.07 bits per heavy atom. The third-order valence-corrected chi connectivity index (χ3v) is 5.47. The third kappa shape index (κ3) is 3.94.